The molecule has 0 atom stereocenters. The number of benzene rings is 1. The molecule has 0 saturated heterocycles. The molecular weight excluding hydrogens is 278 g/mol. The summed E-state index contributed by atoms with van der Waals surface area (Å²) in [5.74, 6) is -2.58. The second-order valence-corrected chi connectivity index (χ2v) is 4.80. The van der Waals surface area contributed by atoms with E-state index in [2.05, 4.69) is 5.32 Å². The first-order valence-electron chi connectivity index (χ1n) is 7.11. The molecule has 0 heterocycles. The molecule has 1 rings (SSSR count). The number of carbonyl (C=O) groups is 1. The molecule has 0 aliphatic rings. The van der Waals surface area contributed by atoms with E-state index in [1.54, 1.807) is 0 Å². The molecule has 6 heteroatoms. The molecule has 0 unspecified atom stereocenters. The molecule has 118 valence electrons. The molecule has 3 N–H and O–H groups in total. The van der Waals surface area contributed by atoms with Crippen LogP contribution in [0.4, 0.5) is 8.78 Å². The smallest absolute Gasteiger partial charge is 0.258 e. The quantitative estimate of drug-likeness (QED) is 0.773. The maximum atomic E-state index is 13.7. The molecule has 1 aromatic rings. The fourth-order valence-corrected chi connectivity index (χ4v) is 1.96. The van der Waals surface area contributed by atoms with Gasteiger partial charge in [0, 0.05) is 6.04 Å². The Hall–Kier alpha value is -1.69. The summed E-state index contributed by atoms with van der Waals surface area (Å²) < 4.78 is 32.4. The van der Waals surface area contributed by atoms with Crippen LogP contribution in [0.2, 0.25) is 0 Å². The predicted octanol–water partition coefficient (Wildman–Crippen LogP) is 2.15. The van der Waals surface area contributed by atoms with E-state index in [4.69, 9.17) is 10.5 Å². The monoisotopic (exact) mass is 300 g/mol. The van der Waals surface area contributed by atoms with Gasteiger partial charge in [-0.25, -0.2) is 8.78 Å². The second-order valence-electron chi connectivity index (χ2n) is 4.80. The maximum Gasteiger partial charge on any atom is 0.258 e. The molecule has 21 heavy (non-hydrogen) atoms. The van der Waals surface area contributed by atoms with E-state index in [0.717, 1.165) is 12.8 Å². The molecule has 4 nitrogen and oxygen atoms in total. The van der Waals surface area contributed by atoms with E-state index in [-0.39, 0.29) is 6.04 Å². The highest BCUT2D eigenvalue weighted by Crippen LogP contribution is 2.23. The standard InChI is InChI=1S/C15H22F2N2O2/c1-3-11(4-2)19-14(20)9-21-15-12(16)7-10(5-6-18)8-13(15)17/h7-8,11H,3-6,9,18H2,1-2H3,(H,19,20). The van der Waals surface area contributed by atoms with Crippen molar-refractivity contribution in [3.63, 3.8) is 0 Å². The first-order valence-corrected chi connectivity index (χ1v) is 7.11. The number of hydrogen-bond donors (Lipinski definition) is 2. The van der Waals surface area contributed by atoms with Crippen LogP contribution in [-0.4, -0.2) is 25.1 Å². The Morgan fingerprint density at radius 1 is 1.29 bits per heavy atom. The van der Waals surface area contributed by atoms with Crippen molar-refractivity contribution in [2.24, 2.45) is 5.73 Å². The Balaban J connectivity index is 2.65. The van der Waals surface area contributed by atoms with Crippen molar-refractivity contribution in [1.29, 1.82) is 0 Å². The van der Waals surface area contributed by atoms with Crippen LogP contribution in [0, 0.1) is 11.6 Å². The Bertz CT molecular complexity index is 454. The van der Waals surface area contributed by atoms with Gasteiger partial charge in [0.05, 0.1) is 0 Å². The van der Waals surface area contributed by atoms with Crippen molar-refractivity contribution in [1.82, 2.24) is 5.32 Å². The highest BCUT2D eigenvalue weighted by Gasteiger charge is 2.15. The van der Waals surface area contributed by atoms with Gasteiger partial charge in [-0.2, -0.15) is 0 Å². The van der Waals surface area contributed by atoms with Gasteiger partial charge in [-0.1, -0.05) is 13.8 Å². The Kier molecular flexibility index (Phi) is 7.08. The number of amides is 1. The van der Waals surface area contributed by atoms with Crippen LogP contribution in [0.3, 0.4) is 0 Å². The lowest BCUT2D eigenvalue weighted by Crippen LogP contribution is -2.37. The lowest BCUT2D eigenvalue weighted by Gasteiger charge is -2.15. The van der Waals surface area contributed by atoms with Crippen LogP contribution in [0.1, 0.15) is 32.3 Å². The summed E-state index contributed by atoms with van der Waals surface area (Å²) in [5.41, 5.74) is 5.80. The number of halogens is 2. The van der Waals surface area contributed by atoms with Crippen LogP contribution in [0.15, 0.2) is 12.1 Å². The van der Waals surface area contributed by atoms with E-state index in [0.29, 0.717) is 18.5 Å². The van der Waals surface area contributed by atoms with Gasteiger partial charge in [-0.15, -0.1) is 0 Å². The summed E-state index contributed by atoms with van der Waals surface area (Å²) in [6, 6.07) is 2.39. The minimum atomic E-state index is -0.825. The van der Waals surface area contributed by atoms with E-state index in [1.165, 1.54) is 12.1 Å². The zero-order valence-corrected chi connectivity index (χ0v) is 12.4. The lowest BCUT2D eigenvalue weighted by molar-refractivity contribution is -0.123. The first kappa shape index (κ1) is 17.4. The summed E-state index contributed by atoms with van der Waals surface area (Å²) >= 11 is 0. The van der Waals surface area contributed by atoms with Gasteiger partial charge < -0.3 is 15.8 Å². The zero-order valence-electron chi connectivity index (χ0n) is 12.4. The number of nitrogens with two attached hydrogens (primary N) is 1. The molecular formula is C15H22F2N2O2. The third-order valence-electron chi connectivity index (χ3n) is 3.19. The number of nitrogens with one attached hydrogen (secondary N) is 1. The normalized spacial score (nSPS) is 10.8. The van der Waals surface area contributed by atoms with Crippen LogP contribution >= 0.6 is 0 Å². The summed E-state index contributed by atoms with van der Waals surface area (Å²) in [6.07, 6.45) is 1.96. The SMILES string of the molecule is CCC(CC)NC(=O)COc1c(F)cc(CCN)cc1F. The Morgan fingerprint density at radius 2 is 1.86 bits per heavy atom. The summed E-state index contributed by atoms with van der Waals surface area (Å²) in [7, 11) is 0. The van der Waals surface area contributed by atoms with E-state index in [1.807, 2.05) is 13.8 Å². The molecule has 0 spiro atoms. The molecule has 0 aromatic heterocycles. The summed E-state index contributed by atoms with van der Waals surface area (Å²) in [5, 5.41) is 2.73. The van der Waals surface area contributed by atoms with Crippen molar-refractivity contribution in [3.05, 3.63) is 29.3 Å². The van der Waals surface area contributed by atoms with Crippen molar-refractivity contribution >= 4 is 5.91 Å². The predicted molar refractivity (Wildman–Crippen MR) is 77.1 cm³/mol. The summed E-state index contributed by atoms with van der Waals surface area (Å²) in [6.45, 7) is 3.78. The van der Waals surface area contributed by atoms with Crippen molar-refractivity contribution < 1.29 is 18.3 Å². The lowest BCUT2D eigenvalue weighted by atomic mass is 10.1. The second kappa shape index (κ2) is 8.56. The molecule has 0 aliphatic heterocycles. The van der Waals surface area contributed by atoms with Crippen molar-refractivity contribution in [3.8, 4) is 5.75 Å². The van der Waals surface area contributed by atoms with E-state index < -0.39 is 29.9 Å². The Morgan fingerprint density at radius 3 is 2.33 bits per heavy atom. The molecule has 0 fully saturated rings. The number of carbonyl (C=O) groups excluding carboxylic acids is 1. The van der Waals surface area contributed by atoms with E-state index >= 15 is 0 Å². The minimum Gasteiger partial charge on any atom is -0.478 e. The van der Waals surface area contributed by atoms with Gasteiger partial charge in [-0.3, -0.25) is 4.79 Å². The van der Waals surface area contributed by atoms with Gasteiger partial charge in [0.2, 0.25) is 0 Å². The van der Waals surface area contributed by atoms with Crippen molar-refractivity contribution in [2.45, 2.75) is 39.2 Å². The first-order chi connectivity index (χ1) is 10.0. The molecule has 0 saturated carbocycles. The van der Waals surface area contributed by atoms with Crippen LogP contribution in [-0.2, 0) is 11.2 Å². The van der Waals surface area contributed by atoms with Gasteiger partial charge in [-0.05, 0) is 43.5 Å². The molecule has 0 aliphatic carbocycles. The number of hydrogen-bond acceptors (Lipinski definition) is 3. The third kappa shape index (κ3) is 5.30. The molecule has 0 radical (unpaired) electrons. The van der Waals surface area contributed by atoms with Gasteiger partial charge in [0.25, 0.3) is 5.91 Å². The van der Waals surface area contributed by atoms with Crippen molar-refractivity contribution in [2.75, 3.05) is 13.2 Å². The average molecular weight is 300 g/mol. The molecule has 1 aromatic carbocycles. The van der Waals surface area contributed by atoms with E-state index in [9.17, 15) is 13.6 Å². The third-order valence-corrected chi connectivity index (χ3v) is 3.19. The van der Waals surface area contributed by atoms with Crippen LogP contribution in [0.5, 0.6) is 5.75 Å². The number of rotatable bonds is 8. The Labute approximate surface area is 123 Å². The highest BCUT2D eigenvalue weighted by atomic mass is 19.1. The molecule has 1 amide bonds. The fraction of sp³-hybridized carbons (Fsp3) is 0.533. The maximum absolute atomic E-state index is 13.7. The average Bonchev–Trinajstić information content (AvgIpc) is 2.44. The number of ether oxygens (including phenoxy) is 1. The van der Waals surface area contributed by atoms with Gasteiger partial charge >= 0.3 is 0 Å². The van der Waals surface area contributed by atoms with Crippen LogP contribution < -0.4 is 15.8 Å². The summed E-state index contributed by atoms with van der Waals surface area (Å²) in [4.78, 5) is 11.6. The van der Waals surface area contributed by atoms with Gasteiger partial charge in [0.1, 0.15) is 0 Å². The fourth-order valence-electron chi connectivity index (χ4n) is 1.96. The largest absolute Gasteiger partial charge is 0.478 e. The van der Waals surface area contributed by atoms with Gasteiger partial charge in [0.15, 0.2) is 24.0 Å². The topological polar surface area (TPSA) is 64.3 Å². The van der Waals surface area contributed by atoms with Crippen LogP contribution in [0.25, 0.3) is 0 Å². The highest BCUT2D eigenvalue weighted by molar-refractivity contribution is 5.77. The molecule has 0 bridgehead atoms. The zero-order chi connectivity index (χ0) is 15.8. The minimum absolute atomic E-state index is 0.0442.